The minimum absolute atomic E-state index is 0.00928. The first-order valence-electron chi connectivity index (χ1n) is 11.8. The number of rotatable bonds is 3. The third-order valence-corrected chi connectivity index (χ3v) is 7.80. The molecule has 2 aromatic carbocycles. The third-order valence-electron chi connectivity index (χ3n) is 7.80. The van der Waals surface area contributed by atoms with Crippen LogP contribution in [-0.2, 0) is 9.59 Å². The molecule has 5 nitrogen and oxygen atoms in total. The Morgan fingerprint density at radius 1 is 1.09 bits per heavy atom. The van der Waals surface area contributed by atoms with Crippen molar-refractivity contribution >= 4 is 11.7 Å². The minimum Gasteiger partial charge on any atom is -0.504 e. The third kappa shape index (κ3) is 3.66. The lowest BCUT2D eigenvalue weighted by Crippen LogP contribution is -2.43. The molecule has 0 bridgehead atoms. The van der Waals surface area contributed by atoms with Crippen LogP contribution < -0.4 is 5.32 Å². The minimum atomic E-state index is -0.448. The lowest BCUT2D eigenvalue weighted by molar-refractivity contribution is -0.129. The average molecular weight is 449 g/mol. The zero-order chi connectivity index (χ0) is 23.1. The number of benzene rings is 2. The summed E-state index contributed by atoms with van der Waals surface area (Å²) in [6.45, 7) is 3.10. The Hall–Kier alpha value is -2.99. The number of hydrogen-bond acceptors (Lipinski definition) is 4. The van der Waals surface area contributed by atoms with Gasteiger partial charge in [0.05, 0.1) is 12.1 Å². The average Bonchev–Trinajstić information content (AvgIpc) is 3.22. The van der Waals surface area contributed by atoms with Crippen LogP contribution in [-0.4, -0.2) is 47.4 Å². The summed E-state index contributed by atoms with van der Waals surface area (Å²) in [5.41, 5.74) is 1.86. The first-order valence-corrected chi connectivity index (χ1v) is 11.8. The number of carbonyl (C=O) groups is 2. The molecule has 33 heavy (non-hydrogen) atoms. The molecule has 172 valence electrons. The van der Waals surface area contributed by atoms with Crippen molar-refractivity contribution in [3.05, 3.63) is 82.9 Å². The molecule has 2 fully saturated rings. The Morgan fingerprint density at radius 3 is 2.58 bits per heavy atom. The highest BCUT2D eigenvalue weighted by molar-refractivity contribution is 6.05. The van der Waals surface area contributed by atoms with Gasteiger partial charge in [0.2, 0.25) is 5.78 Å². The Morgan fingerprint density at radius 2 is 1.82 bits per heavy atom. The van der Waals surface area contributed by atoms with E-state index in [1.165, 1.54) is 6.07 Å². The van der Waals surface area contributed by atoms with Gasteiger partial charge in [0.1, 0.15) is 5.82 Å². The van der Waals surface area contributed by atoms with E-state index < -0.39 is 11.5 Å². The Balaban J connectivity index is 1.72. The number of hydrogen-bond donors (Lipinski definition) is 2. The van der Waals surface area contributed by atoms with Gasteiger partial charge in [0.25, 0.3) is 5.91 Å². The molecule has 1 amide bonds. The van der Waals surface area contributed by atoms with Crippen LogP contribution in [0.15, 0.2) is 65.9 Å². The Kier molecular flexibility index (Phi) is 5.79. The van der Waals surface area contributed by atoms with E-state index in [9.17, 15) is 14.7 Å². The van der Waals surface area contributed by atoms with E-state index in [-0.39, 0.29) is 53.6 Å². The maximum Gasteiger partial charge on any atom is 0.254 e. The van der Waals surface area contributed by atoms with Gasteiger partial charge in [-0.3, -0.25) is 9.59 Å². The molecule has 0 aliphatic carbocycles. The fraction of sp³-hybridized carbons (Fsp3) is 0.407. The number of halogens is 1. The second kappa shape index (κ2) is 8.75. The van der Waals surface area contributed by atoms with Crippen LogP contribution in [0.25, 0.3) is 0 Å². The number of amides is 1. The van der Waals surface area contributed by atoms with Crippen molar-refractivity contribution in [1.29, 1.82) is 0 Å². The molecule has 2 aromatic rings. The second-order valence-electron chi connectivity index (χ2n) is 9.48. The summed E-state index contributed by atoms with van der Waals surface area (Å²) in [6, 6.07) is 16.7. The second-order valence-corrected chi connectivity index (χ2v) is 9.48. The molecule has 3 heterocycles. The fourth-order valence-corrected chi connectivity index (χ4v) is 6.30. The molecular formula is C27H29FN2O3. The van der Waals surface area contributed by atoms with E-state index in [0.717, 1.165) is 18.4 Å². The first-order chi connectivity index (χ1) is 16.0. The number of Topliss-reactive ketones (excluding diaryl/α,β-unsaturated/α-hetero) is 1. The highest BCUT2D eigenvalue weighted by atomic mass is 19.1. The van der Waals surface area contributed by atoms with E-state index in [2.05, 4.69) is 12.2 Å². The number of fused-ring (bicyclic) bond motifs is 2. The van der Waals surface area contributed by atoms with Crippen LogP contribution in [0.4, 0.5) is 4.39 Å². The van der Waals surface area contributed by atoms with Gasteiger partial charge in [-0.05, 0) is 41.9 Å². The summed E-state index contributed by atoms with van der Waals surface area (Å²) in [5.74, 6) is -2.12. The van der Waals surface area contributed by atoms with E-state index in [1.807, 2.05) is 47.4 Å². The van der Waals surface area contributed by atoms with Crippen molar-refractivity contribution in [2.45, 2.75) is 31.7 Å². The molecule has 5 rings (SSSR count). The van der Waals surface area contributed by atoms with Gasteiger partial charge in [0.15, 0.2) is 5.76 Å². The standard InChI is InChI=1S/C27H29FN2O3/c1-16-19-14-29-15-22(31)26(32)25(19)27(33)30-13-7-12-21(30)23(16)24(17-8-3-2-4-9-17)18-10-5-6-11-20(18)28/h2-6,8-11,16,19,21,23-24,29,32H,7,12-15H2,1H3/t16-,19?,21-,23-,24-/m1/s1. The van der Waals surface area contributed by atoms with Gasteiger partial charge in [-0.15, -0.1) is 0 Å². The van der Waals surface area contributed by atoms with Gasteiger partial charge in [0, 0.05) is 31.0 Å². The molecule has 0 spiro atoms. The van der Waals surface area contributed by atoms with Crippen LogP contribution in [0.5, 0.6) is 0 Å². The molecule has 0 saturated carbocycles. The van der Waals surface area contributed by atoms with Crippen molar-refractivity contribution < 1.29 is 19.1 Å². The topological polar surface area (TPSA) is 69.6 Å². The van der Waals surface area contributed by atoms with E-state index in [0.29, 0.717) is 18.7 Å². The number of aliphatic hydroxyl groups is 1. The summed E-state index contributed by atoms with van der Waals surface area (Å²) in [5, 5.41) is 13.9. The molecule has 3 aliphatic heterocycles. The van der Waals surface area contributed by atoms with Crippen molar-refractivity contribution in [2.24, 2.45) is 17.8 Å². The highest BCUT2D eigenvalue weighted by Gasteiger charge is 2.51. The maximum absolute atomic E-state index is 15.3. The summed E-state index contributed by atoms with van der Waals surface area (Å²) in [7, 11) is 0. The number of aliphatic hydroxyl groups excluding tert-OH is 1. The van der Waals surface area contributed by atoms with E-state index in [1.54, 1.807) is 6.07 Å². The predicted molar refractivity (Wildman–Crippen MR) is 123 cm³/mol. The molecule has 5 atom stereocenters. The highest BCUT2D eigenvalue weighted by Crippen LogP contribution is 2.49. The Labute approximate surface area is 193 Å². The molecule has 2 N–H and O–H groups in total. The van der Waals surface area contributed by atoms with Crippen LogP contribution in [0.1, 0.15) is 36.8 Å². The summed E-state index contributed by atoms with van der Waals surface area (Å²) in [6.07, 6.45) is 1.67. The molecule has 3 aliphatic rings. The maximum atomic E-state index is 15.3. The van der Waals surface area contributed by atoms with Crippen molar-refractivity contribution in [1.82, 2.24) is 10.2 Å². The molecule has 1 unspecified atom stereocenters. The molecule has 6 heteroatoms. The summed E-state index contributed by atoms with van der Waals surface area (Å²) < 4.78 is 15.3. The van der Waals surface area contributed by atoms with Crippen LogP contribution in [0.2, 0.25) is 0 Å². The van der Waals surface area contributed by atoms with E-state index in [4.69, 9.17) is 0 Å². The SMILES string of the molecule is C[C@@H]1C2CNCC(=O)C(O)=C2C(=O)N2CCC[C@@H]2[C@@H]1[C@H](c1ccccc1)c1ccccc1F. The largest absolute Gasteiger partial charge is 0.504 e. The Bertz CT molecular complexity index is 1100. The fourth-order valence-electron chi connectivity index (χ4n) is 6.30. The molecule has 0 aromatic heterocycles. The normalized spacial score (nSPS) is 28.7. The van der Waals surface area contributed by atoms with Crippen molar-refractivity contribution in [3.63, 3.8) is 0 Å². The van der Waals surface area contributed by atoms with Gasteiger partial charge >= 0.3 is 0 Å². The van der Waals surface area contributed by atoms with Gasteiger partial charge in [-0.2, -0.15) is 0 Å². The smallest absolute Gasteiger partial charge is 0.254 e. The summed E-state index contributed by atoms with van der Waals surface area (Å²) >= 11 is 0. The quantitative estimate of drug-likeness (QED) is 0.749. The number of ketones is 1. The zero-order valence-electron chi connectivity index (χ0n) is 18.7. The first kappa shape index (κ1) is 21.8. The zero-order valence-corrected chi connectivity index (χ0v) is 18.7. The van der Waals surface area contributed by atoms with Crippen LogP contribution in [0.3, 0.4) is 0 Å². The molecule has 2 saturated heterocycles. The van der Waals surface area contributed by atoms with E-state index >= 15 is 4.39 Å². The van der Waals surface area contributed by atoms with Gasteiger partial charge in [-0.1, -0.05) is 55.5 Å². The number of nitrogens with zero attached hydrogens (tertiary/aromatic N) is 1. The van der Waals surface area contributed by atoms with Crippen molar-refractivity contribution in [3.8, 4) is 0 Å². The molecular weight excluding hydrogens is 419 g/mol. The summed E-state index contributed by atoms with van der Waals surface area (Å²) in [4.78, 5) is 28.0. The van der Waals surface area contributed by atoms with Crippen LogP contribution >= 0.6 is 0 Å². The van der Waals surface area contributed by atoms with Gasteiger partial charge in [-0.25, -0.2) is 4.39 Å². The lowest BCUT2D eigenvalue weighted by atomic mass is 9.66. The monoisotopic (exact) mass is 448 g/mol. The van der Waals surface area contributed by atoms with Crippen LogP contribution in [0, 0.1) is 23.6 Å². The number of carbonyl (C=O) groups excluding carboxylic acids is 2. The number of nitrogens with one attached hydrogen (secondary N) is 1. The van der Waals surface area contributed by atoms with Gasteiger partial charge < -0.3 is 15.3 Å². The lowest BCUT2D eigenvalue weighted by Gasteiger charge is -2.40. The molecule has 0 radical (unpaired) electrons. The predicted octanol–water partition coefficient (Wildman–Crippen LogP) is 3.82. The van der Waals surface area contributed by atoms with Crippen molar-refractivity contribution in [2.75, 3.05) is 19.6 Å².